The average molecular weight is 570 g/mol. The zero-order chi connectivity index (χ0) is 27.4. The number of carbonyl (C=O) groups is 1. The minimum Gasteiger partial charge on any atom is -0.316 e. The Morgan fingerprint density at radius 3 is 2.39 bits per heavy atom. The molecule has 0 saturated carbocycles. The maximum absolute atomic E-state index is 13.4. The van der Waals surface area contributed by atoms with E-state index < -0.39 is 22.5 Å². The highest BCUT2D eigenvalue weighted by Gasteiger charge is 2.27. The number of carbonyl (C=O) groups excluding carboxylic acids is 1. The SMILES string of the molecule is Cc1cccc(N(CC(=O)N/N=C/c2cc(C)n(-c3cccc(Cl)c3Cl)c2C)S(=O)(=O)c2ccccc2)c1. The molecule has 0 aliphatic rings. The predicted octanol–water partition coefficient (Wildman–Crippen LogP) is 6.05. The van der Waals surface area contributed by atoms with Crippen molar-refractivity contribution >= 4 is 51.0 Å². The number of nitrogens with one attached hydrogen (secondary N) is 1. The molecule has 1 aromatic heterocycles. The Hall–Kier alpha value is -3.59. The fraction of sp³-hybridized carbons (Fsp3) is 0.143. The number of rotatable bonds is 8. The Kier molecular flexibility index (Phi) is 8.26. The molecule has 4 aromatic rings. The first-order chi connectivity index (χ1) is 18.1. The van der Waals surface area contributed by atoms with Crippen molar-refractivity contribution in [3.63, 3.8) is 0 Å². The van der Waals surface area contributed by atoms with Gasteiger partial charge in [-0.2, -0.15) is 5.10 Å². The van der Waals surface area contributed by atoms with Gasteiger partial charge in [0.1, 0.15) is 6.54 Å². The maximum Gasteiger partial charge on any atom is 0.264 e. The number of sulfonamides is 1. The highest BCUT2D eigenvalue weighted by atomic mass is 35.5. The van der Waals surface area contributed by atoms with Crippen molar-refractivity contribution < 1.29 is 13.2 Å². The van der Waals surface area contributed by atoms with Gasteiger partial charge in [-0.05, 0) is 68.8 Å². The second kappa shape index (κ2) is 11.4. The third-order valence-corrected chi connectivity index (χ3v) is 8.54. The molecule has 196 valence electrons. The van der Waals surface area contributed by atoms with E-state index in [0.717, 1.165) is 32.5 Å². The van der Waals surface area contributed by atoms with E-state index in [9.17, 15) is 13.2 Å². The molecule has 1 amide bonds. The van der Waals surface area contributed by atoms with Gasteiger partial charge in [0.05, 0.1) is 32.5 Å². The van der Waals surface area contributed by atoms with E-state index in [-0.39, 0.29) is 4.90 Å². The molecule has 38 heavy (non-hydrogen) atoms. The Bertz CT molecular complexity index is 1620. The highest BCUT2D eigenvalue weighted by Crippen LogP contribution is 2.31. The molecule has 1 N–H and O–H groups in total. The zero-order valence-corrected chi connectivity index (χ0v) is 23.3. The van der Waals surface area contributed by atoms with Gasteiger partial charge < -0.3 is 4.57 Å². The van der Waals surface area contributed by atoms with Crippen molar-refractivity contribution in [1.29, 1.82) is 0 Å². The van der Waals surface area contributed by atoms with Gasteiger partial charge in [-0.25, -0.2) is 13.8 Å². The van der Waals surface area contributed by atoms with Gasteiger partial charge in [0.2, 0.25) is 0 Å². The zero-order valence-electron chi connectivity index (χ0n) is 21.0. The number of anilines is 1. The van der Waals surface area contributed by atoms with E-state index in [1.165, 1.54) is 18.3 Å². The van der Waals surface area contributed by atoms with E-state index in [2.05, 4.69) is 10.5 Å². The van der Waals surface area contributed by atoms with Gasteiger partial charge in [0.25, 0.3) is 15.9 Å². The maximum atomic E-state index is 13.4. The van der Waals surface area contributed by atoms with Crippen LogP contribution in [0.2, 0.25) is 10.0 Å². The van der Waals surface area contributed by atoms with E-state index in [1.807, 2.05) is 49.6 Å². The monoisotopic (exact) mass is 568 g/mol. The number of amides is 1. The van der Waals surface area contributed by atoms with Crippen molar-refractivity contribution in [2.24, 2.45) is 5.10 Å². The van der Waals surface area contributed by atoms with Crippen LogP contribution in [0.3, 0.4) is 0 Å². The molecule has 0 saturated heterocycles. The molecule has 0 aliphatic carbocycles. The molecule has 0 spiro atoms. The van der Waals surface area contributed by atoms with Crippen LogP contribution >= 0.6 is 23.2 Å². The molecule has 0 fully saturated rings. The standard InChI is InChI=1S/C28H26Cl2N4O3S/c1-19-9-7-10-23(15-19)33(38(36,37)24-11-5-4-6-12-24)18-27(35)32-31-17-22-16-20(2)34(21(22)3)26-14-8-13-25(29)28(26)30/h4-17H,18H2,1-3H3,(H,32,35)/b31-17+. The van der Waals surface area contributed by atoms with Crippen molar-refractivity contribution in [1.82, 2.24) is 9.99 Å². The molecule has 0 atom stereocenters. The summed E-state index contributed by atoms with van der Waals surface area (Å²) >= 11 is 12.6. The average Bonchev–Trinajstić information content (AvgIpc) is 3.17. The Labute approximate surface area is 232 Å². The minimum absolute atomic E-state index is 0.0879. The third-order valence-electron chi connectivity index (χ3n) is 5.94. The number of aromatic nitrogens is 1. The van der Waals surface area contributed by atoms with Crippen molar-refractivity contribution in [3.8, 4) is 5.69 Å². The molecule has 0 aliphatic heterocycles. The van der Waals surface area contributed by atoms with Crippen LogP contribution < -0.4 is 9.73 Å². The number of hydrogen-bond acceptors (Lipinski definition) is 4. The third kappa shape index (κ3) is 5.78. The van der Waals surface area contributed by atoms with Crippen LogP contribution in [0.15, 0.2) is 88.9 Å². The number of benzene rings is 3. The first-order valence-electron chi connectivity index (χ1n) is 11.7. The van der Waals surface area contributed by atoms with E-state index >= 15 is 0 Å². The van der Waals surface area contributed by atoms with Crippen LogP contribution in [-0.2, 0) is 14.8 Å². The summed E-state index contributed by atoms with van der Waals surface area (Å²) < 4.78 is 29.9. The van der Waals surface area contributed by atoms with Crippen molar-refractivity contribution in [3.05, 3.63) is 111 Å². The number of hydrogen-bond donors (Lipinski definition) is 1. The molecular weight excluding hydrogens is 543 g/mol. The molecule has 7 nitrogen and oxygen atoms in total. The molecule has 3 aromatic carbocycles. The van der Waals surface area contributed by atoms with Crippen molar-refractivity contribution in [2.75, 3.05) is 10.8 Å². The number of nitrogens with zero attached hydrogens (tertiary/aromatic N) is 3. The topological polar surface area (TPSA) is 83.8 Å². The lowest BCUT2D eigenvalue weighted by molar-refractivity contribution is -0.119. The largest absolute Gasteiger partial charge is 0.316 e. The van der Waals surface area contributed by atoms with Crippen LogP contribution in [0.25, 0.3) is 5.69 Å². The molecule has 0 bridgehead atoms. The quantitative estimate of drug-likeness (QED) is 0.207. The fourth-order valence-electron chi connectivity index (χ4n) is 4.11. The fourth-order valence-corrected chi connectivity index (χ4v) is 5.93. The van der Waals surface area contributed by atoms with Gasteiger partial charge in [-0.1, -0.05) is 59.6 Å². The summed E-state index contributed by atoms with van der Waals surface area (Å²) in [6.07, 6.45) is 1.51. The van der Waals surface area contributed by atoms with Gasteiger partial charge in [0.15, 0.2) is 0 Å². The first-order valence-corrected chi connectivity index (χ1v) is 13.9. The summed E-state index contributed by atoms with van der Waals surface area (Å²) in [5, 5.41) is 4.97. The normalized spacial score (nSPS) is 11.6. The Morgan fingerprint density at radius 1 is 0.974 bits per heavy atom. The summed E-state index contributed by atoms with van der Waals surface area (Å²) in [6.45, 7) is 5.23. The van der Waals surface area contributed by atoms with Gasteiger partial charge in [0, 0.05) is 17.0 Å². The number of aryl methyl sites for hydroxylation is 2. The summed E-state index contributed by atoms with van der Waals surface area (Å²) in [4.78, 5) is 13.0. The van der Waals surface area contributed by atoms with Crippen LogP contribution in [0.5, 0.6) is 0 Å². The summed E-state index contributed by atoms with van der Waals surface area (Å²) in [7, 11) is -4.00. The number of halogens is 2. The minimum atomic E-state index is -4.00. The van der Waals surface area contributed by atoms with Gasteiger partial charge >= 0.3 is 0 Å². The van der Waals surface area contributed by atoms with Crippen LogP contribution in [-0.4, -0.2) is 31.7 Å². The van der Waals surface area contributed by atoms with E-state index in [0.29, 0.717) is 15.7 Å². The summed E-state index contributed by atoms with van der Waals surface area (Å²) in [5.74, 6) is -0.589. The number of hydrazone groups is 1. The molecule has 0 unspecified atom stereocenters. The molecule has 4 rings (SSSR count). The lowest BCUT2D eigenvalue weighted by Gasteiger charge is -2.24. The van der Waals surface area contributed by atoms with Gasteiger partial charge in [-0.15, -0.1) is 0 Å². The molecule has 10 heteroatoms. The van der Waals surface area contributed by atoms with E-state index in [4.69, 9.17) is 23.2 Å². The second-order valence-corrected chi connectivity index (χ2v) is 11.3. The Balaban J connectivity index is 1.56. The van der Waals surface area contributed by atoms with Crippen molar-refractivity contribution in [2.45, 2.75) is 25.7 Å². The first kappa shape index (κ1) is 27.4. The van der Waals surface area contributed by atoms with Crippen LogP contribution in [0, 0.1) is 20.8 Å². The molecule has 1 heterocycles. The smallest absolute Gasteiger partial charge is 0.264 e. The molecule has 0 radical (unpaired) electrons. The highest BCUT2D eigenvalue weighted by molar-refractivity contribution is 7.92. The van der Waals surface area contributed by atoms with Gasteiger partial charge in [-0.3, -0.25) is 9.10 Å². The van der Waals surface area contributed by atoms with Crippen LogP contribution in [0.1, 0.15) is 22.5 Å². The lowest BCUT2D eigenvalue weighted by atomic mass is 10.2. The van der Waals surface area contributed by atoms with E-state index in [1.54, 1.807) is 42.5 Å². The summed E-state index contributed by atoms with van der Waals surface area (Å²) in [6, 6.07) is 22.3. The second-order valence-electron chi connectivity index (χ2n) is 8.69. The predicted molar refractivity (Wildman–Crippen MR) is 153 cm³/mol. The lowest BCUT2D eigenvalue weighted by Crippen LogP contribution is -2.39. The van der Waals surface area contributed by atoms with Crippen LogP contribution in [0.4, 0.5) is 5.69 Å². The Morgan fingerprint density at radius 2 is 1.68 bits per heavy atom. The molecular formula is C28H26Cl2N4O3S. The summed E-state index contributed by atoms with van der Waals surface area (Å²) in [5.41, 5.74) is 6.94.